The van der Waals surface area contributed by atoms with Crippen LogP contribution in [-0.4, -0.2) is 63.8 Å². The number of aryl methyl sites for hydroxylation is 1. The molecule has 152 valence electrons. The largest absolute Gasteiger partial charge is 0.481 e. The van der Waals surface area contributed by atoms with Gasteiger partial charge in [-0.3, -0.25) is 9.59 Å². The molecule has 0 heterocycles. The summed E-state index contributed by atoms with van der Waals surface area (Å²) in [6, 6.07) is 2.48. The van der Waals surface area contributed by atoms with Crippen molar-refractivity contribution in [2.45, 2.75) is 31.8 Å². The fourth-order valence-corrected chi connectivity index (χ4v) is 2.08. The summed E-state index contributed by atoms with van der Waals surface area (Å²) in [5.41, 5.74) is 1.15. The molecule has 28 heavy (non-hydrogen) atoms. The molecule has 0 radical (unpaired) electrons. The Morgan fingerprint density at radius 3 is 1.96 bits per heavy atom. The van der Waals surface area contributed by atoms with Crippen LogP contribution in [0.5, 0.6) is 0 Å². The molecule has 0 saturated carbocycles. The lowest BCUT2D eigenvalue weighted by atomic mass is 10.1. The third-order valence-electron chi connectivity index (χ3n) is 3.63. The molecule has 0 aliphatic carbocycles. The molecule has 0 unspecified atom stereocenters. The molecular weight excluding hydrogens is 374 g/mol. The lowest BCUT2D eigenvalue weighted by Gasteiger charge is -2.18. The van der Waals surface area contributed by atoms with Crippen LogP contribution in [0.1, 0.15) is 28.8 Å². The van der Waals surface area contributed by atoms with Crippen molar-refractivity contribution >= 4 is 29.8 Å². The molecule has 11 nitrogen and oxygen atoms in total. The molecule has 2 atom stereocenters. The van der Waals surface area contributed by atoms with Gasteiger partial charge in [-0.15, -0.1) is 0 Å². The van der Waals surface area contributed by atoms with E-state index in [1.165, 1.54) is 12.1 Å². The Morgan fingerprint density at radius 2 is 1.46 bits per heavy atom. The SMILES string of the molecule is Cc1ccc(C(=O)N[C@@H](CNC(=O)N[C@@H](CCC(=O)O)C(=O)O)C(=O)O)cc1. The van der Waals surface area contributed by atoms with Crippen LogP contribution in [0.3, 0.4) is 0 Å². The van der Waals surface area contributed by atoms with Crippen molar-refractivity contribution in [2.75, 3.05) is 6.54 Å². The average Bonchev–Trinajstić information content (AvgIpc) is 2.61. The standard InChI is InChI=1S/C17H21N3O8/c1-9-2-4-10(5-3-9)14(23)19-12(16(26)27)8-18-17(28)20-11(15(24)25)6-7-13(21)22/h2-5,11-12H,6-8H2,1H3,(H,19,23)(H,21,22)(H,24,25)(H,26,27)(H2,18,20,28)/t11-,12-/m0/s1. The normalized spacial score (nSPS) is 12.3. The Bertz CT molecular complexity index is 747. The number of hydrogen-bond acceptors (Lipinski definition) is 5. The molecule has 6 N–H and O–H groups in total. The van der Waals surface area contributed by atoms with Crippen LogP contribution in [0.15, 0.2) is 24.3 Å². The molecule has 1 aromatic rings. The molecule has 0 saturated heterocycles. The molecule has 1 rings (SSSR count). The molecule has 0 spiro atoms. The van der Waals surface area contributed by atoms with Gasteiger partial charge in [0.05, 0.1) is 6.54 Å². The van der Waals surface area contributed by atoms with Gasteiger partial charge in [-0.25, -0.2) is 14.4 Å². The highest BCUT2D eigenvalue weighted by Gasteiger charge is 2.24. The topological polar surface area (TPSA) is 182 Å². The Labute approximate surface area is 159 Å². The summed E-state index contributed by atoms with van der Waals surface area (Å²) in [5, 5.41) is 33.2. The predicted molar refractivity (Wildman–Crippen MR) is 94.9 cm³/mol. The van der Waals surface area contributed by atoms with Crippen molar-refractivity contribution in [3.05, 3.63) is 35.4 Å². The molecule has 1 aromatic carbocycles. The smallest absolute Gasteiger partial charge is 0.328 e. The van der Waals surface area contributed by atoms with E-state index in [-0.39, 0.29) is 12.0 Å². The van der Waals surface area contributed by atoms with Gasteiger partial charge in [-0.1, -0.05) is 17.7 Å². The lowest BCUT2D eigenvalue weighted by Crippen LogP contribution is -2.52. The number of benzene rings is 1. The summed E-state index contributed by atoms with van der Waals surface area (Å²) < 4.78 is 0. The fourth-order valence-electron chi connectivity index (χ4n) is 2.08. The highest BCUT2D eigenvalue weighted by Crippen LogP contribution is 2.03. The minimum atomic E-state index is -1.46. The van der Waals surface area contributed by atoms with E-state index in [4.69, 9.17) is 10.2 Å². The van der Waals surface area contributed by atoms with Crippen LogP contribution < -0.4 is 16.0 Å². The summed E-state index contributed by atoms with van der Waals surface area (Å²) in [6.07, 6.45) is -0.813. The first-order valence-electron chi connectivity index (χ1n) is 8.19. The third-order valence-corrected chi connectivity index (χ3v) is 3.63. The van der Waals surface area contributed by atoms with Crippen molar-refractivity contribution in [3.63, 3.8) is 0 Å². The zero-order chi connectivity index (χ0) is 21.3. The van der Waals surface area contributed by atoms with Gasteiger partial charge in [0.2, 0.25) is 0 Å². The van der Waals surface area contributed by atoms with Crippen molar-refractivity contribution in [1.29, 1.82) is 0 Å². The van der Waals surface area contributed by atoms with E-state index in [0.29, 0.717) is 0 Å². The van der Waals surface area contributed by atoms with Crippen molar-refractivity contribution in [2.24, 2.45) is 0 Å². The van der Waals surface area contributed by atoms with E-state index in [9.17, 15) is 29.1 Å². The average molecular weight is 395 g/mol. The molecule has 3 amide bonds. The molecule has 0 aliphatic rings. The Morgan fingerprint density at radius 1 is 0.893 bits per heavy atom. The Balaban J connectivity index is 2.61. The van der Waals surface area contributed by atoms with E-state index >= 15 is 0 Å². The minimum absolute atomic E-state index is 0.237. The zero-order valence-electron chi connectivity index (χ0n) is 15.0. The molecule has 11 heteroatoms. The molecule has 0 aliphatic heterocycles. The second-order valence-corrected chi connectivity index (χ2v) is 5.91. The zero-order valence-corrected chi connectivity index (χ0v) is 15.0. The van der Waals surface area contributed by atoms with E-state index in [1.54, 1.807) is 12.1 Å². The highest BCUT2D eigenvalue weighted by atomic mass is 16.4. The number of carbonyl (C=O) groups is 5. The maximum atomic E-state index is 12.1. The fraction of sp³-hybridized carbons (Fsp3) is 0.353. The summed E-state index contributed by atoms with van der Waals surface area (Å²) in [7, 11) is 0. The van der Waals surface area contributed by atoms with E-state index in [0.717, 1.165) is 5.56 Å². The number of carboxylic acid groups (broad SMARTS) is 3. The van der Waals surface area contributed by atoms with E-state index < -0.39 is 54.9 Å². The van der Waals surface area contributed by atoms with Crippen LogP contribution in [-0.2, 0) is 14.4 Å². The summed E-state index contributed by atoms with van der Waals surface area (Å²) in [6.45, 7) is 1.31. The van der Waals surface area contributed by atoms with Gasteiger partial charge in [0.15, 0.2) is 0 Å². The molecule has 0 bridgehead atoms. The first-order valence-corrected chi connectivity index (χ1v) is 8.19. The summed E-state index contributed by atoms with van der Waals surface area (Å²) >= 11 is 0. The van der Waals surface area contributed by atoms with Crippen molar-refractivity contribution < 1.29 is 39.3 Å². The number of carboxylic acids is 3. The number of aliphatic carboxylic acids is 3. The summed E-state index contributed by atoms with van der Waals surface area (Å²) in [4.78, 5) is 56.7. The number of amides is 3. The molecule has 0 fully saturated rings. The van der Waals surface area contributed by atoms with Crippen LogP contribution in [0.25, 0.3) is 0 Å². The maximum Gasteiger partial charge on any atom is 0.328 e. The van der Waals surface area contributed by atoms with Crippen LogP contribution in [0, 0.1) is 6.92 Å². The number of carbonyl (C=O) groups excluding carboxylic acids is 2. The van der Waals surface area contributed by atoms with Crippen molar-refractivity contribution in [1.82, 2.24) is 16.0 Å². The van der Waals surface area contributed by atoms with Crippen LogP contribution >= 0.6 is 0 Å². The second-order valence-electron chi connectivity index (χ2n) is 5.91. The van der Waals surface area contributed by atoms with Gasteiger partial charge in [0.1, 0.15) is 12.1 Å². The van der Waals surface area contributed by atoms with Gasteiger partial charge in [0, 0.05) is 12.0 Å². The molecule has 0 aromatic heterocycles. The van der Waals surface area contributed by atoms with Gasteiger partial charge in [-0.2, -0.15) is 0 Å². The highest BCUT2D eigenvalue weighted by molar-refractivity contribution is 5.96. The van der Waals surface area contributed by atoms with Gasteiger partial charge in [0.25, 0.3) is 5.91 Å². The monoisotopic (exact) mass is 395 g/mol. The van der Waals surface area contributed by atoms with Gasteiger partial charge < -0.3 is 31.3 Å². The van der Waals surface area contributed by atoms with Gasteiger partial charge >= 0.3 is 23.9 Å². The number of urea groups is 1. The lowest BCUT2D eigenvalue weighted by molar-refractivity contribution is -0.141. The first kappa shape index (κ1) is 22.4. The quantitative estimate of drug-likeness (QED) is 0.315. The maximum absolute atomic E-state index is 12.1. The summed E-state index contributed by atoms with van der Waals surface area (Å²) in [5.74, 6) is -4.71. The Hall–Kier alpha value is -3.63. The molecular formula is C17H21N3O8. The number of hydrogen-bond donors (Lipinski definition) is 6. The van der Waals surface area contributed by atoms with Crippen LogP contribution in [0.2, 0.25) is 0 Å². The van der Waals surface area contributed by atoms with E-state index in [1.807, 2.05) is 12.2 Å². The first-order chi connectivity index (χ1) is 13.1. The van der Waals surface area contributed by atoms with Crippen LogP contribution in [0.4, 0.5) is 4.79 Å². The number of rotatable bonds is 10. The predicted octanol–water partition coefficient (Wildman–Crippen LogP) is -0.205. The number of nitrogens with one attached hydrogen (secondary N) is 3. The second kappa shape index (κ2) is 10.5. The van der Waals surface area contributed by atoms with E-state index in [2.05, 4.69) is 10.6 Å². The third kappa shape index (κ3) is 7.72. The Kier molecular flexibility index (Phi) is 8.41. The van der Waals surface area contributed by atoms with Crippen molar-refractivity contribution in [3.8, 4) is 0 Å². The minimum Gasteiger partial charge on any atom is -0.481 e. The van der Waals surface area contributed by atoms with Gasteiger partial charge in [-0.05, 0) is 25.5 Å².